The summed E-state index contributed by atoms with van der Waals surface area (Å²) in [6, 6.07) is 11.3. The molecule has 1 aromatic carbocycles. The summed E-state index contributed by atoms with van der Waals surface area (Å²) in [5, 5.41) is 10.6. The molecule has 3 aromatic heterocycles. The molecular formula is C23H17Cl2N5O2. The molecule has 0 atom stereocenters. The number of hydrogen-bond acceptors (Lipinski definition) is 4. The molecule has 9 heteroatoms. The van der Waals surface area contributed by atoms with E-state index in [4.69, 9.17) is 28.2 Å². The van der Waals surface area contributed by atoms with Crippen molar-refractivity contribution in [1.29, 1.82) is 5.26 Å². The van der Waals surface area contributed by atoms with Crippen LogP contribution in [0, 0.1) is 18.3 Å². The lowest BCUT2D eigenvalue weighted by Crippen LogP contribution is -2.30. The van der Waals surface area contributed by atoms with Crippen LogP contribution >= 0.6 is 23.2 Å². The third-order valence-corrected chi connectivity index (χ3v) is 5.60. The lowest BCUT2D eigenvalue weighted by Gasteiger charge is -2.17. The van der Waals surface area contributed by atoms with Crippen LogP contribution in [0.4, 0.5) is 0 Å². The number of nitriles is 1. The Morgan fingerprint density at radius 3 is 2.59 bits per heavy atom. The predicted octanol–water partition coefficient (Wildman–Crippen LogP) is 4.46. The molecule has 0 bridgehead atoms. The normalized spacial score (nSPS) is 12.0. The summed E-state index contributed by atoms with van der Waals surface area (Å²) in [5.41, 5.74) is 1.67. The zero-order valence-corrected chi connectivity index (χ0v) is 18.9. The highest BCUT2D eigenvalue weighted by molar-refractivity contribution is 6.36. The van der Waals surface area contributed by atoms with Crippen molar-refractivity contribution >= 4 is 45.8 Å². The van der Waals surface area contributed by atoms with Gasteiger partial charge in [-0.05, 0) is 56.7 Å². The molecular weight excluding hydrogens is 449 g/mol. The first-order chi connectivity index (χ1) is 15.2. The molecule has 3 heterocycles. The highest BCUT2D eigenvalue weighted by atomic mass is 35.5. The summed E-state index contributed by atoms with van der Waals surface area (Å²) in [5.74, 6) is -0.634. The van der Waals surface area contributed by atoms with Gasteiger partial charge in [0, 0.05) is 17.3 Å². The first-order valence-electron chi connectivity index (χ1n) is 9.74. The van der Waals surface area contributed by atoms with Crippen molar-refractivity contribution in [3.05, 3.63) is 85.2 Å². The molecule has 7 nitrogen and oxygen atoms in total. The Hall–Kier alpha value is -3.47. The van der Waals surface area contributed by atoms with Crippen molar-refractivity contribution in [3.8, 4) is 6.07 Å². The fourth-order valence-corrected chi connectivity index (χ4v) is 4.04. The van der Waals surface area contributed by atoms with Crippen molar-refractivity contribution < 1.29 is 4.79 Å². The van der Waals surface area contributed by atoms with Gasteiger partial charge in [-0.2, -0.15) is 10.3 Å². The minimum absolute atomic E-state index is 0.0798. The molecule has 0 spiro atoms. The average Bonchev–Trinajstić information content (AvgIpc) is 2.74. The lowest BCUT2D eigenvalue weighted by atomic mass is 10.2. The van der Waals surface area contributed by atoms with Crippen molar-refractivity contribution in [2.24, 2.45) is 4.99 Å². The second-order valence-electron chi connectivity index (χ2n) is 7.54. The Bertz CT molecular complexity index is 1590. The van der Waals surface area contributed by atoms with E-state index in [-0.39, 0.29) is 38.6 Å². The van der Waals surface area contributed by atoms with E-state index >= 15 is 0 Å². The number of benzene rings is 1. The summed E-state index contributed by atoms with van der Waals surface area (Å²) in [4.78, 5) is 35.1. The number of hydrogen-bond donors (Lipinski definition) is 0. The zero-order chi connectivity index (χ0) is 23.2. The minimum atomic E-state index is -0.634. The lowest BCUT2D eigenvalue weighted by molar-refractivity contribution is 0.0997. The summed E-state index contributed by atoms with van der Waals surface area (Å²) in [6.45, 7) is 5.58. The van der Waals surface area contributed by atoms with Gasteiger partial charge in [0.05, 0.1) is 21.5 Å². The minimum Gasteiger partial charge on any atom is -0.306 e. The summed E-state index contributed by atoms with van der Waals surface area (Å²) in [7, 11) is 0. The van der Waals surface area contributed by atoms with Gasteiger partial charge in [0.15, 0.2) is 5.49 Å². The number of aromatic nitrogens is 3. The number of halogens is 2. The topological polar surface area (TPSA) is 92.5 Å². The molecule has 0 N–H and O–H groups in total. The molecule has 0 saturated carbocycles. The Morgan fingerprint density at radius 2 is 1.94 bits per heavy atom. The number of amides is 1. The third-order valence-electron chi connectivity index (χ3n) is 5.06. The number of pyridine rings is 2. The highest BCUT2D eigenvalue weighted by Crippen LogP contribution is 2.22. The largest absolute Gasteiger partial charge is 0.306 e. The van der Waals surface area contributed by atoms with E-state index in [1.165, 1.54) is 28.7 Å². The molecule has 0 aliphatic heterocycles. The van der Waals surface area contributed by atoms with Crippen molar-refractivity contribution in [2.45, 2.75) is 26.8 Å². The van der Waals surface area contributed by atoms with Crippen LogP contribution in [0.25, 0.3) is 16.7 Å². The van der Waals surface area contributed by atoms with Gasteiger partial charge >= 0.3 is 0 Å². The van der Waals surface area contributed by atoms with Crippen LogP contribution in [0.2, 0.25) is 10.0 Å². The Morgan fingerprint density at radius 1 is 1.19 bits per heavy atom. The van der Waals surface area contributed by atoms with Gasteiger partial charge in [-0.15, -0.1) is 0 Å². The maximum atomic E-state index is 13.2. The summed E-state index contributed by atoms with van der Waals surface area (Å²) < 4.78 is 3.07. The second-order valence-corrected chi connectivity index (χ2v) is 8.38. The van der Waals surface area contributed by atoms with Gasteiger partial charge < -0.3 is 4.57 Å². The quantitative estimate of drug-likeness (QED) is 0.408. The van der Waals surface area contributed by atoms with E-state index in [2.05, 4.69) is 11.1 Å². The van der Waals surface area contributed by atoms with E-state index in [1.54, 1.807) is 16.8 Å². The van der Waals surface area contributed by atoms with Crippen LogP contribution in [0.3, 0.4) is 0 Å². The molecule has 0 unspecified atom stereocenters. The van der Waals surface area contributed by atoms with Gasteiger partial charge in [0.2, 0.25) is 0 Å². The zero-order valence-electron chi connectivity index (χ0n) is 17.4. The number of fused-ring (bicyclic) bond motifs is 2. The molecule has 0 fully saturated rings. The second kappa shape index (κ2) is 8.23. The van der Waals surface area contributed by atoms with Gasteiger partial charge in [-0.25, -0.2) is 4.98 Å². The monoisotopic (exact) mass is 465 g/mol. The Balaban J connectivity index is 2.14. The van der Waals surface area contributed by atoms with Crippen LogP contribution in [0.1, 0.15) is 41.4 Å². The van der Waals surface area contributed by atoms with Gasteiger partial charge in [0.1, 0.15) is 17.4 Å². The predicted molar refractivity (Wildman–Crippen MR) is 123 cm³/mol. The van der Waals surface area contributed by atoms with E-state index in [0.29, 0.717) is 16.3 Å². The fourth-order valence-electron chi connectivity index (χ4n) is 3.55. The maximum absolute atomic E-state index is 13.2. The van der Waals surface area contributed by atoms with Crippen molar-refractivity contribution in [2.75, 3.05) is 0 Å². The number of aryl methyl sites for hydroxylation is 1. The van der Waals surface area contributed by atoms with Crippen LogP contribution in [0.5, 0.6) is 0 Å². The number of rotatable bonds is 2. The number of nitrogens with zero attached hydrogens (tertiary/aromatic N) is 5. The third kappa shape index (κ3) is 3.58. The molecule has 0 aliphatic rings. The van der Waals surface area contributed by atoms with Gasteiger partial charge in [-0.1, -0.05) is 29.3 Å². The Labute approximate surface area is 192 Å². The SMILES string of the molecule is Cc1cccn2c(=O)c3cc(C#N)c(=NC(=O)c4ccc(Cl)cc4Cl)n(C(C)C)c3nc12. The van der Waals surface area contributed by atoms with E-state index in [0.717, 1.165) is 5.56 Å². The number of carbonyl (C=O) groups is 1. The van der Waals surface area contributed by atoms with E-state index < -0.39 is 5.91 Å². The van der Waals surface area contributed by atoms with E-state index in [1.807, 2.05) is 26.8 Å². The smallest absolute Gasteiger partial charge is 0.280 e. The average molecular weight is 466 g/mol. The first kappa shape index (κ1) is 21.8. The van der Waals surface area contributed by atoms with Crippen LogP contribution in [0.15, 0.2) is 52.4 Å². The molecule has 0 saturated heterocycles. The van der Waals surface area contributed by atoms with Crippen LogP contribution < -0.4 is 11.0 Å². The maximum Gasteiger partial charge on any atom is 0.280 e. The first-order valence-corrected chi connectivity index (χ1v) is 10.5. The molecule has 0 aliphatic carbocycles. The Kier molecular flexibility index (Phi) is 5.59. The molecule has 4 aromatic rings. The summed E-state index contributed by atoms with van der Waals surface area (Å²) >= 11 is 12.1. The standard InChI is InChI=1S/C23H17Cl2N5O2/c1-12(2)30-20(28-22(31)16-7-6-15(24)10-18(16)25)14(11-26)9-17-21(30)27-19-13(3)5-4-8-29(19)23(17)32/h4-10,12H,1-3H3. The van der Waals surface area contributed by atoms with Gasteiger partial charge in [-0.3, -0.25) is 14.0 Å². The molecule has 4 rings (SSSR count). The molecule has 0 radical (unpaired) electrons. The summed E-state index contributed by atoms with van der Waals surface area (Å²) in [6.07, 6.45) is 1.63. The fraction of sp³-hybridized carbons (Fsp3) is 0.174. The molecule has 32 heavy (non-hydrogen) atoms. The van der Waals surface area contributed by atoms with Crippen molar-refractivity contribution in [1.82, 2.24) is 14.0 Å². The van der Waals surface area contributed by atoms with E-state index in [9.17, 15) is 14.9 Å². The van der Waals surface area contributed by atoms with Crippen molar-refractivity contribution in [3.63, 3.8) is 0 Å². The highest BCUT2D eigenvalue weighted by Gasteiger charge is 2.18. The number of carbonyl (C=O) groups excluding carboxylic acids is 1. The molecule has 1 amide bonds. The van der Waals surface area contributed by atoms with Crippen LogP contribution in [-0.2, 0) is 0 Å². The van der Waals surface area contributed by atoms with Gasteiger partial charge in [0.25, 0.3) is 11.5 Å². The van der Waals surface area contributed by atoms with Crippen LogP contribution in [-0.4, -0.2) is 19.9 Å². The molecule has 160 valence electrons.